The first-order valence-corrected chi connectivity index (χ1v) is 6.48. The Morgan fingerprint density at radius 1 is 1.25 bits per heavy atom. The van der Waals surface area contributed by atoms with E-state index in [0.29, 0.717) is 17.2 Å². The van der Waals surface area contributed by atoms with Crippen LogP contribution in [-0.2, 0) is 4.79 Å². The predicted octanol–water partition coefficient (Wildman–Crippen LogP) is 3.13. The van der Waals surface area contributed by atoms with Crippen molar-refractivity contribution in [1.29, 1.82) is 0 Å². The Bertz CT molecular complexity index is 311. The Morgan fingerprint density at radius 2 is 2.00 bits per heavy atom. The molecule has 0 bridgehead atoms. The molecule has 0 aromatic rings. The summed E-state index contributed by atoms with van der Waals surface area (Å²) in [5.41, 5.74) is 1.62. The molecule has 0 spiro atoms. The van der Waals surface area contributed by atoms with Crippen LogP contribution in [0.25, 0.3) is 0 Å². The van der Waals surface area contributed by atoms with E-state index in [0.717, 1.165) is 25.8 Å². The fourth-order valence-electron chi connectivity index (χ4n) is 3.01. The predicted molar refractivity (Wildman–Crippen MR) is 66.1 cm³/mol. The molecule has 0 amide bonds. The highest BCUT2D eigenvalue weighted by Gasteiger charge is 2.35. The van der Waals surface area contributed by atoms with Gasteiger partial charge in [0.2, 0.25) is 0 Å². The van der Waals surface area contributed by atoms with Gasteiger partial charge >= 0.3 is 0 Å². The summed E-state index contributed by atoms with van der Waals surface area (Å²) in [6, 6.07) is 0.615. The van der Waals surface area contributed by atoms with Gasteiger partial charge in [0.25, 0.3) is 0 Å². The summed E-state index contributed by atoms with van der Waals surface area (Å²) >= 11 is 0. The molecule has 2 heteroatoms. The summed E-state index contributed by atoms with van der Waals surface area (Å²) in [4.78, 5) is 14.0. The standard InChI is InChI=1S/C14H23NO/c1-14(2,3)13-8-5-9-15(13)11-6-4-7-12(16)10-11/h10,13H,4-9H2,1-3H3. The highest BCUT2D eigenvalue weighted by Crippen LogP contribution is 2.36. The number of rotatable bonds is 1. The van der Waals surface area contributed by atoms with Crippen LogP contribution in [0.3, 0.4) is 0 Å². The van der Waals surface area contributed by atoms with Crippen molar-refractivity contribution in [3.8, 4) is 0 Å². The second-order valence-corrected chi connectivity index (χ2v) is 6.17. The Morgan fingerprint density at radius 3 is 2.62 bits per heavy atom. The van der Waals surface area contributed by atoms with Crippen LogP contribution >= 0.6 is 0 Å². The average molecular weight is 221 g/mol. The molecular formula is C14H23NO. The van der Waals surface area contributed by atoms with Crippen LogP contribution in [0.4, 0.5) is 0 Å². The van der Waals surface area contributed by atoms with Crippen molar-refractivity contribution in [2.24, 2.45) is 5.41 Å². The van der Waals surface area contributed by atoms with Crippen molar-refractivity contribution >= 4 is 5.78 Å². The highest BCUT2D eigenvalue weighted by molar-refractivity contribution is 5.91. The molecule has 2 aliphatic rings. The Balaban J connectivity index is 2.17. The Hall–Kier alpha value is -0.790. The largest absolute Gasteiger partial charge is 0.371 e. The van der Waals surface area contributed by atoms with E-state index >= 15 is 0 Å². The summed E-state index contributed by atoms with van der Waals surface area (Å²) in [6.07, 6.45) is 7.32. The van der Waals surface area contributed by atoms with Gasteiger partial charge in [0.15, 0.2) is 5.78 Å². The minimum absolute atomic E-state index is 0.317. The molecule has 0 N–H and O–H groups in total. The molecule has 90 valence electrons. The second kappa shape index (κ2) is 4.23. The van der Waals surface area contributed by atoms with Gasteiger partial charge in [-0.15, -0.1) is 0 Å². The van der Waals surface area contributed by atoms with E-state index in [1.165, 1.54) is 18.5 Å². The molecule has 2 nitrogen and oxygen atoms in total. The second-order valence-electron chi connectivity index (χ2n) is 6.17. The lowest BCUT2D eigenvalue weighted by atomic mass is 9.84. The van der Waals surface area contributed by atoms with Gasteiger partial charge in [-0.25, -0.2) is 0 Å². The maximum absolute atomic E-state index is 11.5. The third-order valence-electron chi connectivity index (χ3n) is 3.81. The normalized spacial score (nSPS) is 27.2. The number of allylic oxidation sites excluding steroid dienone is 2. The summed E-state index contributed by atoms with van der Waals surface area (Å²) < 4.78 is 0. The van der Waals surface area contributed by atoms with Gasteiger partial charge in [-0.2, -0.15) is 0 Å². The summed E-state index contributed by atoms with van der Waals surface area (Å²) in [5, 5.41) is 0. The lowest BCUT2D eigenvalue weighted by molar-refractivity contribution is -0.115. The quantitative estimate of drug-likeness (QED) is 0.678. The first kappa shape index (κ1) is 11.7. The maximum Gasteiger partial charge on any atom is 0.157 e. The van der Waals surface area contributed by atoms with Crippen LogP contribution in [0.1, 0.15) is 52.9 Å². The number of carbonyl (C=O) groups is 1. The van der Waals surface area contributed by atoms with Gasteiger partial charge in [-0.3, -0.25) is 4.79 Å². The van der Waals surface area contributed by atoms with Crippen molar-refractivity contribution in [2.75, 3.05) is 6.54 Å². The van der Waals surface area contributed by atoms with Gasteiger partial charge in [0.05, 0.1) is 0 Å². The van der Waals surface area contributed by atoms with Gasteiger partial charge in [0.1, 0.15) is 0 Å². The van der Waals surface area contributed by atoms with Crippen molar-refractivity contribution < 1.29 is 4.79 Å². The number of nitrogens with zero attached hydrogens (tertiary/aromatic N) is 1. The van der Waals surface area contributed by atoms with E-state index in [1.54, 1.807) is 0 Å². The van der Waals surface area contributed by atoms with Crippen molar-refractivity contribution in [2.45, 2.75) is 58.9 Å². The molecule has 0 aromatic carbocycles. The van der Waals surface area contributed by atoms with Crippen LogP contribution in [0.15, 0.2) is 11.8 Å². The maximum atomic E-state index is 11.5. The van der Waals surface area contributed by atoms with Crippen molar-refractivity contribution in [1.82, 2.24) is 4.90 Å². The summed E-state index contributed by atoms with van der Waals surface area (Å²) in [6.45, 7) is 8.06. The molecule has 1 fully saturated rings. The molecule has 1 heterocycles. The van der Waals surface area contributed by atoms with Crippen LogP contribution in [0, 0.1) is 5.41 Å². The molecule has 2 rings (SSSR count). The van der Waals surface area contributed by atoms with E-state index < -0.39 is 0 Å². The molecule has 1 aliphatic heterocycles. The molecule has 0 radical (unpaired) electrons. The molecule has 1 unspecified atom stereocenters. The third kappa shape index (κ3) is 2.31. The summed E-state index contributed by atoms with van der Waals surface area (Å²) in [5.74, 6) is 0.320. The first-order valence-electron chi connectivity index (χ1n) is 6.48. The fourth-order valence-corrected chi connectivity index (χ4v) is 3.01. The van der Waals surface area contributed by atoms with E-state index in [-0.39, 0.29) is 0 Å². The number of likely N-dealkylation sites (tertiary alicyclic amines) is 1. The minimum Gasteiger partial charge on any atom is -0.371 e. The van der Waals surface area contributed by atoms with Crippen molar-refractivity contribution in [3.63, 3.8) is 0 Å². The van der Waals surface area contributed by atoms with Crippen LogP contribution < -0.4 is 0 Å². The average Bonchev–Trinajstić information content (AvgIpc) is 2.65. The smallest absolute Gasteiger partial charge is 0.157 e. The zero-order valence-electron chi connectivity index (χ0n) is 10.8. The Labute approximate surface area is 98.7 Å². The zero-order valence-corrected chi connectivity index (χ0v) is 10.8. The topological polar surface area (TPSA) is 20.3 Å². The summed E-state index contributed by atoms with van der Waals surface area (Å²) in [7, 11) is 0. The number of ketones is 1. The first-order chi connectivity index (χ1) is 7.48. The molecule has 1 saturated heterocycles. The minimum atomic E-state index is 0.317. The zero-order chi connectivity index (χ0) is 11.8. The third-order valence-corrected chi connectivity index (χ3v) is 3.81. The van der Waals surface area contributed by atoms with Crippen LogP contribution in [0.2, 0.25) is 0 Å². The molecule has 1 aliphatic carbocycles. The van der Waals surface area contributed by atoms with Crippen LogP contribution in [-0.4, -0.2) is 23.3 Å². The molecule has 0 saturated carbocycles. The number of hydrogen-bond donors (Lipinski definition) is 0. The SMILES string of the molecule is CC(C)(C)C1CCCN1C1=CC(=O)CCC1. The Kier molecular flexibility index (Phi) is 3.09. The molecule has 1 atom stereocenters. The number of carbonyl (C=O) groups excluding carboxylic acids is 1. The molecular weight excluding hydrogens is 198 g/mol. The molecule has 0 aromatic heterocycles. The van der Waals surface area contributed by atoms with Crippen molar-refractivity contribution in [3.05, 3.63) is 11.8 Å². The van der Waals surface area contributed by atoms with E-state index in [9.17, 15) is 4.79 Å². The van der Waals surface area contributed by atoms with Gasteiger partial charge in [-0.05, 0) is 31.1 Å². The number of hydrogen-bond acceptors (Lipinski definition) is 2. The fraction of sp³-hybridized carbons (Fsp3) is 0.786. The van der Waals surface area contributed by atoms with Gasteiger partial charge < -0.3 is 4.90 Å². The van der Waals surface area contributed by atoms with Crippen LogP contribution in [0.5, 0.6) is 0 Å². The van der Waals surface area contributed by atoms with Gasteiger partial charge in [0, 0.05) is 30.8 Å². The monoisotopic (exact) mass is 221 g/mol. The lowest BCUT2D eigenvalue weighted by Gasteiger charge is -2.38. The lowest BCUT2D eigenvalue weighted by Crippen LogP contribution is -2.39. The van der Waals surface area contributed by atoms with E-state index in [4.69, 9.17) is 0 Å². The van der Waals surface area contributed by atoms with E-state index in [1.807, 2.05) is 6.08 Å². The highest BCUT2D eigenvalue weighted by atomic mass is 16.1. The van der Waals surface area contributed by atoms with E-state index in [2.05, 4.69) is 25.7 Å². The molecule has 16 heavy (non-hydrogen) atoms. The van der Waals surface area contributed by atoms with Gasteiger partial charge in [-0.1, -0.05) is 20.8 Å².